The third-order valence-corrected chi connectivity index (χ3v) is 1.68. The SMILES string of the molecule is COc1c(F)cc(C(=O)O)c(O)c1N. The van der Waals surface area contributed by atoms with E-state index in [9.17, 15) is 14.3 Å². The van der Waals surface area contributed by atoms with E-state index in [1.165, 1.54) is 0 Å². The fourth-order valence-electron chi connectivity index (χ4n) is 1.01. The second-order valence-electron chi connectivity index (χ2n) is 2.51. The molecule has 0 fully saturated rings. The number of benzene rings is 1. The molecule has 0 spiro atoms. The molecular formula is C8H8FNO4. The molecule has 1 aromatic carbocycles. The van der Waals surface area contributed by atoms with Gasteiger partial charge in [0.1, 0.15) is 11.3 Å². The van der Waals surface area contributed by atoms with Crippen molar-refractivity contribution in [3.05, 3.63) is 17.4 Å². The summed E-state index contributed by atoms with van der Waals surface area (Å²) in [5.41, 5.74) is 4.23. The van der Waals surface area contributed by atoms with E-state index >= 15 is 0 Å². The Kier molecular flexibility index (Phi) is 2.46. The summed E-state index contributed by atoms with van der Waals surface area (Å²) in [6, 6.07) is 0.646. The molecule has 0 aliphatic carbocycles. The number of rotatable bonds is 2. The molecule has 1 aromatic rings. The van der Waals surface area contributed by atoms with Crippen LogP contribution in [0.15, 0.2) is 6.07 Å². The molecule has 0 heterocycles. The van der Waals surface area contributed by atoms with Crippen LogP contribution in [0.1, 0.15) is 10.4 Å². The Labute approximate surface area is 78.5 Å². The van der Waals surface area contributed by atoms with Crippen molar-refractivity contribution in [2.45, 2.75) is 0 Å². The second kappa shape index (κ2) is 3.41. The molecule has 0 aliphatic rings. The van der Waals surface area contributed by atoms with Gasteiger partial charge in [-0.3, -0.25) is 0 Å². The van der Waals surface area contributed by atoms with E-state index in [1.54, 1.807) is 0 Å². The Morgan fingerprint density at radius 2 is 2.21 bits per heavy atom. The molecule has 0 atom stereocenters. The maximum Gasteiger partial charge on any atom is 0.339 e. The molecule has 76 valence electrons. The lowest BCUT2D eigenvalue weighted by Gasteiger charge is -2.09. The fourth-order valence-corrected chi connectivity index (χ4v) is 1.01. The highest BCUT2D eigenvalue weighted by molar-refractivity contribution is 5.94. The summed E-state index contributed by atoms with van der Waals surface area (Å²) in [5.74, 6) is -3.46. The smallest absolute Gasteiger partial charge is 0.339 e. The number of carboxylic acid groups (broad SMARTS) is 1. The molecule has 0 aromatic heterocycles. The van der Waals surface area contributed by atoms with Gasteiger partial charge in [-0.1, -0.05) is 0 Å². The first-order chi connectivity index (χ1) is 6.49. The van der Waals surface area contributed by atoms with Crippen LogP contribution in [0, 0.1) is 5.82 Å². The molecule has 0 unspecified atom stereocenters. The molecule has 0 amide bonds. The van der Waals surface area contributed by atoms with E-state index in [-0.39, 0.29) is 5.75 Å². The van der Waals surface area contributed by atoms with E-state index in [2.05, 4.69) is 4.74 Å². The molecule has 4 N–H and O–H groups in total. The summed E-state index contributed by atoms with van der Waals surface area (Å²) in [6.45, 7) is 0. The zero-order valence-electron chi connectivity index (χ0n) is 7.24. The van der Waals surface area contributed by atoms with E-state index in [0.29, 0.717) is 6.07 Å². The summed E-state index contributed by atoms with van der Waals surface area (Å²) in [4.78, 5) is 10.5. The molecule has 0 saturated carbocycles. The first-order valence-corrected chi connectivity index (χ1v) is 3.57. The highest BCUT2D eigenvalue weighted by atomic mass is 19.1. The van der Waals surface area contributed by atoms with Gasteiger partial charge in [-0.25, -0.2) is 9.18 Å². The van der Waals surface area contributed by atoms with E-state index < -0.39 is 28.8 Å². The number of nitrogen functional groups attached to an aromatic ring is 1. The lowest BCUT2D eigenvalue weighted by Crippen LogP contribution is -2.03. The number of aromatic hydroxyl groups is 1. The van der Waals surface area contributed by atoms with Crippen LogP contribution < -0.4 is 10.5 Å². The maximum atomic E-state index is 13.1. The van der Waals surface area contributed by atoms with Crippen molar-refractivity contribution in [1.82, 2.24) is 0 Å². The van der Waals surface area contributed by atoms with Crippen LogP contribution >= 0.6 is 0 Å². The molecule has 1 rings (SSSR count). The van der Waals surface area contributed by atoms with Gasteiger partial charge in [-0.15, -0.1) is 0 Å². The fraction of sp³-hybridized carbons (Fsp3) is 0.125. The standard InChI is InChI=1S/C8H8FNO4/c1-14-7-4(9)2-3(8(12)13)6(11)5(7)10/h2,11H,10H2,1H3,(H,12,13). The molecule has 6 heteroatoms. The van der Waals surface area contributed by atoms with E-state index in [0.717, 1.165) is 7.11 Å². The first kappa shape index (κ1) is 10.1. The number of ether oxygens (including phenoxy) is 1. The number of hydrogen-bond acceptors (Lipinski definition) is 4. The molecule has 0 aliphatic heterocycles. The van der Waals surface area contributed by atoms with Crippen LogP contribution in [0.25, 0.3) is 0 Å². The quantitative estimate of drug-likeness (QED) is 0.486. The number of anilines is 1. The van der Waals surface area contributed by atoms with Crippen LogP contribution in [-0.4, -0.2) is 23.3 Å². The van der Waals surface area contributed by atoms with Crippen molar-refractivity contribution in [2.24, 2.45) is 0 Å². The van der Waals surface area contributed by atoms with Crippen LogP contribution in [-0.2, 0) is 0 Å². The van der Waals surface area contributed by atoms with Crippen molar-refractivity contribution in [3.8, 4) is 11.5 Å². The number of nitrogens with two attached hydrogens (primary N) is 1. The second-order valence-corrected chi connectivity index (χ2v) is 2.51. The van der Waals surface area contributed by atoms with Gasteiger partial charge in [0.05, 0.1) is 7.11 Å². The predicted octanol–water partition coefficient (Wildman–Crippen LogP) is 0.820. The summed E-state index contributed by atoms with van der Waals surface area (Å²) < 4.78 is 17.6. The molecule has 14 heavy (non-hydrogen) atoms. The average Bonchev–Trinajstić information content (AvgIpc) is 2.12. The van der Waals surface area contributed by atoms with Gasteiger partial charge >= 0.3 is 5.97 Å². The van der Waals surface area contributed by atoms with E-state index in [1.807, 2.05) is 0 Å². The highest BCUT2D eigenvalue weighted by Gasteiger charge is 2.20. The molecule has 0 saturated heterocycles. The largest absolute Gasteiger partial charge is 0.505 e. The van der Waals surface area contributed by atoms with Crippen LogP contribution in [0.2, 0.25) is 0 Å². The summed E-state index contributed by atoms with van der Waals surface area (Å²) >= 11 is 0. The Balaban J connectivity index is 3.47. The van der Waals surface area contributed by atoms with Crippen molar-refractivity contribution in [2.75, 3.05) is 12.8 Å². The van der Waals surface area contributed by atoms with Crippen molar-refractivity contribution in [1.29, 1.82) is 0 Å². The van der Waals surface area contributed by atoms with Crippen LogP contribution in [0.5, 0.6) is 11.5 Å². The van der Waals surface area contributed by atoms with Gasteiger partial charge < -0.3 is 20.7 Å². The summed E-state index contributed by atoms with van der Waals surface area (Å²) in [6.07, 6.45) is 0. The third-order valence-electron chi connectivity index (χ3n) is 1.68. The minimum Gasteiger partial charge on any atom is -0.505 e. The minimum atomic E-state index is -1.46. The number of aromatic carboxylic acids is 1. The Bertz CT molecular complexity index is 391. The number of phenols is 1. The number of carboxylic acids is 1. The number of hydrogen-bond donors (Lipinski definition) is 3. The summed E-state index contributed by atoms with van der Waals surface area (Å²) in [5, 5.41) is 17.8. The topological polar surface area (TPSA) is 92.8 Å². The molecule has 5 nitrogen and oxygen atoms in total. The Morgan fingerprint density at radius 1 is 1.64 bits per heavy atom. The molecular weight excluding hydrogens is 193 g/mol. The number of halogens is 1. The highest BCUT2D eigenvalue weighted by Crippen LogP contribution is 2.36. The first-order valence-electron chi connectivity index (χ1n) is 3.57. The van der Waals surface area contributed by atoms with Crippen molar-refractivity contribution < 1.29 is 24.1 Å². The zero-order valence-corrected chi connectivity index (χ0v) is 7.24. The van der Waals surface area contributed by atoms with Gasteiger partial charge in [-0.05, 0) is 6.07 Å². The van der Waals surface area contributed by atoms with Gasteiger partial charge in [-0.2, -0.15) is 0 Å². The van der Waals surface area contributed by atoms with Crippen molar-refractivity contribution >= 4 is 11.7 Å². The zero-order chi connectivity index (χ0) is 10.9. The Hall–Kier alpha value is -1.98. The van der Waals surface area contributed by atoms with Crippen molar-refractivity contribution in [3.63, 3.8) is 0 Å². The number of methoxy groups -OCH3 is 1. The monoisotopic (exact) mass is 201 g/mol. The molecule has 0 bridgehead atoms. The Morgan fingerprint density at radius 3 is 2.64 bits per heavy atom. The normalized spacial score (nSPS) is 9.86. The predicted molar refractivity (Wildman–Crippen MR) is 46.0 cm³/mol. The minimum absolute atomic E-state index is 0.368. The van der Waals surface area contributed by atoms with Gasteiger partial charge in [0.2, 0.25) is 0 Å². The van der Waals surface area contributed by atoms with Crippen LogP contribution in [0.4, 0.5) is 10.1 Å². The average molecular weight is 201 g/mol. The lowest BCUT2D eigenvalue weighted by atomic mass is 10.1. The van der Waals surface area contributed by atoms with E-state index in [4.69, 9.17) is 10.8 Å². The van der Waals surface area contributed by atoms with Crippen LogP contribution in [0.3, 0.4) is 0 Å². The van der Waals surface area contributed by atoms with Gasteiger partial charge in [0, 0.05) is 0 Å². The van der Waals surface area contributed by atoms with Gasteiger partial charge in [0.25, 0.3) is 0 Å². The summed E-state index contributed by atoms with van der Waals surface area (Å²) in [7, 11) is 1.16. The third kappa shape index (κ3) is 1.41. The lowest BCUT2D eigenvalue weighted by molar-refractivity contribution is 0.0693. The van der Waals surface area contributed by atoms with Gasteiger partial charge in [0.15, 0.2) is 17.3 Å². The molecule has 0 radical (unpaired) electrons. The maximum absolute atomic E-state index is 13.1. The number of carbonyl (C=O) groups is 1.